The minimum Gasteiger partial charge on any atom is -0.507 e. The van der Waals surface area contributed by atoms with Crippen molar-refractivity contribution >= 4 is 34.0 Å². The smallest absolute Gasteiger partial charge is 0.244 e. The molecule has 2 aromatic heterocycles. The van der Waals surface area contributed by atoms with E-state index in [0.29, 0.717) is 17.1 Å². The third-order valence-electron chi connectivity index (χ3n) is 4.15. The molecule has 0 aliphatic carbocycles. The van der Waals surface area contributed by atoms with E-state index in [0.717, 1.165) is 22.5 Å². The zero-order chi connectivity index (χ0) is 18.8. The van der Waals surface area contributed by atoms with Gasteiger partial charge in [0.15, 0.2) is 0 Å². The van der Waals surface area contributed by atoms with Gasteiger partial charge >= 0.3 is 0 Å². The maximum absolute atomic E-state index is 12.1. The number of ketones is 1. The summed E-state index contributed by atoms with van der Waals surface area (Å²) in [4.78, 5) is 12.1. The summed E-state index contributed by atoms with van der Waals surface area (Å²) >= 11 is 6.14. The third kappa shape index (κ3) is 3.45. The Balaban J connectivity index is 1.78. The van der Waals surface area contributed by atoms with Crippen molar-refractivity contribution in [1.29, 1.82) is 0 Å². The van der Waals surface area contributed by atoms with E-state index < -0.39 is 5.78 Å². The maximum Gasteiger partial charge on any atom is 0.244 e. The molecule has 8 heteroatoms. The molecule has 0 bridgehead atoms. The molecule has 27 heavy (non-hydrogen) atoms. The highest BCUT2D eigenvalue weighted by Gasteiger charge is 2.16. The van der Waals surface area contributed by atoms with Crippen LogP contribution >= 0.6 is 11.6 Å². The van der Waals surface area contributed by atoms with Crippen LogP contribution in [0.1, 0.15) is 21.7 Å². The predicted molar refractivity (Wildman–Crippen MR) is 102 cm³/mol. The van der Waals surface area contributed by atoms with Crippen molar-refractivity contribution in [2.75, 3.05) is 0 Å². The lowest BCUT2D eigenvalue weighted by Gasteiger charge is -2.05. The van der Waals surface area contributed by atoms with E-state index >= 15 is 0 Å². The summed E-state index contributed by atoms with van der Waals surface area (Å²) in [5.74, 6) is -0.858. The molecule has 0 amide bonds. The molecule has 2 aromatic carbocycles. The van der Waals surface area contributed by atoms with Gasteiger partial charge in [0.1, 0.15) is 5.76 Å². The largest absolute Gasteiger partial charge is 0.507 e. The Hall–Kier alpha value is -3.45. The van der Waals surface area contributed by atoms with Crippen molar-refractivity contribution in [2.45, 2.75) is 6.54 Å². The molecule has 7 nitrogen and oxygen atoms in total. The number of benzene rings is 2. The Morgan fingerprint density at radius 1 is 1.22 bits per heavy atom. The number of halogens is 1. The highest BCUT2D eigenvalue weighted by atomic mass is 35.5. The Morgan fingerprint density at radius 2 is 2.04 bits per heavy atom. The van der Waals surface area contributed by atoms with E-state index in [1.807, 2.05) is 41.0 Å². The number of aromatic nitrogens is 5. The lowest BCUT2D eigenvalue weighted by Crippen LogP contribution is -1.99. The number of hydrogen-bond acceptors (Lipinski definition) is 5. The second-order valence-corrected chi connectivity index (χ2v) is 6.38. The Labute approximate surface area is 158 Å². The molecule has 0 aliphatic heterocycles. The molecule has 134 valence electrons. The number of nitrogens with zero attached hydrogens (tertiary/aromatic N) is 4. The quantitative estimate of drug-likeness (QED) is 0.313. The number of aliphatic hydroxyl groups excluding tert-OH is 1. The van der Waals surface area contributed by atoms with Gasteiger partial charge in [-0.2, -0.15) is 5.21 Å². The monoisotopic (exact) mass is 379 g/mol. The summed E-state index contributed by atoms with van der Waals surface area (Å²) in [6.45, 7) is 0.616. The summed E-state index contributed by atoms with van der Waals surface area (Å²) in [6, 6.07) is 15.4. The number of H-pyrrole nitrogens is 1. The fourth-order valence-corrected chi connectivity index (χ4v) is 3.09. The first-order valence-corrected chi connectivity index (χ1v) is 8.51. The van der Waals surface area contributed by atoms with Crippen LogP contribution in [-0.2, 0) is 6.54 Å². The standard InChI is InChI=1S/C19H14ClN5O2/c20-13-6-7-16-14(8-13)15(11-25(16)10-12-4-2-1-3-5-12)17(26)9-18(27)19-21-23-24-22-19/h1-9,11,26H,10H2,(H,21,22,23,24). The van der Waals surface area contributed by atoms with Crippen LogP contribution in [0, 0.1) is 0 Å². The lowest BCUT2D eigenvalue weighted by molar-refractivity contribution is 0.103. The van der Waals surface area contributed by atoms with Crippen LogP contribution in [-0.4, -0.2) is 36.1 Å². The number of aliphatic hydroxyl groups is 1. The highest BCUT2D eigenvalue weighted by Crippen LogP contribution is 2.29. The van der Waals surface area contributed by atoms with Crippen LogP contribution < -0.4 is 0 Å². The predicted octanol–water partition coefficient (Wildman–Crippen LogP) is 3.64. The van der Waals surface area contributed by atoms with Crippen molar-refractivity contribution in [1.82, 2.24) is 25.2 Å². The van der Waals surface area contributed by atoms with Gasteiger partial charge in [0.05, 0.1) is 0 Å². The summed E-state index contributed by atoms with van der Waals surface area (Å²) in [5, 5.41) is 24.6. The first-order valence-electron chi connectivity index (χ1n) is 8.13. The number of tetrazole rings is 1. The van der Waals surface area contributed by atoms with Gasteiger partial charge in [0, 0.05) is 40.3 Å². The van der Waals surface area contributed by atoms with Gasteiger partial charge in [-0.15, -0.1) is 10.2 Å². The molecule has 0 unspecified atom stereocenters. The molecule has 4 aromatic rings. The zero-order valence-electron chi connectivity index (χ0n) is 14.0. The van der Waals surface area contributed by atoms with Crippen molar-refractivity contribution in [2.24, 2.45) is 0 Å². The molecular weight excluding hydrogens is 366 g/mol. The Kier molecular flexibility index (Phi) is 4.43. The first-order chi connectivity index (χ1) is 13.1. The fourth-order valence-electron chi connectivity index (χ4n) is 2.92. The van der Waals surface area contributed by atoms with Crippen molar-refractivity contribution in [3.05, 3.63) is 82.8 Å². The van der Waals surface area contributed by atoms with Crippen LogP contribution in [0.15, 0.2) is 60.8 Å². The Bertz CT molecular complexity index is 1130. The van der Waals surface area contributed by atoms with Gasteiger partial charge in [-0.1, -0.05) is 41.9 Å². The molecular formula is C19H14ClN5O2. The number of carbonyl (C=O) groups is 1. The number of hydrogen-bond donors (Lipinski definition) is 2. The molecule has 0 spiro atoms. The van der Waals surface area contributed by atoms with Crippen molar-refractivity contribution in [3.8, 4) is 0 Å². The lowest BCUT2D eigenvalue weighted by atomic mass is 10.1. The van der Waals surface area contributed by atoms with Gasteiger partial charge in [-0.25, -0.2) is 0 Å². The van der Waals surface area contributed by atoms with E-state index in [1.165, 1.54) is 0 Å². The molecule has 0 saturated carbocycles. The average molecular weight is 380 g/mol. The number of carbonyl (C=O) groups excluding carboxylic acids is 1. The van der Waals surface area contributed by atoms with E-state index in [2.05, 4.69) is 20.6 Å². The average Bonchev–Trinajstić information content (AvgIpc) is 3.31. The molecule has 0 radical (unpaired) electrons. The third-order valence-corrected chi connectivity index (χ3v) is 4.38. The maximum atomic E-state index is 12.1. The fraction of sp³-hybridized carbons (Fsp3) is 0.0526. The van der Waals surface area contributed by atoms with E-state index in [1.54, 1.807) is 18.3 Å². The van der Waals surface area contributed by atoms with Gasteiger partial charge in [-0.3, -0.25) is 4.79 Å². The number of aromatic amines is 1. The molecule has 2 heterocycles. The number of rotatable bonds is 5. The van der Waals surface area contributed by atoms with Gasteiger partial charge in [0.25, 0.3) is 0 Å². The summed E-state index contributed by atoms with van der Waals surface area (Å²) in [7, 11) is 0. The van der Waals surface area contributed by atoms with Gasteiger partial charge in [-0.05, 0) is 29.0 Å². The molecule has 0 saturated heterocycles. The molecule has 0 aliphatic rings. The number of allylic oxidation sites excluding steroid dienone is 1. The van der Waals surface area contributed by atoms with Crippen molar-refractivity contribution in [3.63, 3.8) is 0 Å². The topological polar surface area (TPSA) is 96.7 Å². The van der Waals surface area contributed by atoms with Crippen molar-refractivity contribution < 1.29 is 9.90 Å². The minimum atomic E-state index is -0.549. The van der Waals surface area contributed by atoms with E-state index in [-0.39, 0.29) is 11.6 Å². The minimum absolute atomic E-state index is 0.118. The molecule has 2 N–H and O–H groups in total. The van der Waals surface area contributed by atoms with E-state index in [4.69, 9.17) is 11.6 Å². The normalized spacial score (nSPS) is 11.8. The summed E-state index contributed by atoms with van der Waals surface area (Å²) < 4.78 is 2.00. The van der Waals surface area contributed by atoms with Crippen LogP contribution in [0.5, 0.6) is 0 Å². The molecule has 0 atom stereocenters. The summed E-state index contributed by atoms with van der Waals surface area (Å²) in [6.07, 6.45) is 2.87. The molecule has 4 rings (SSSR count). The van der Waals surface area contributed by atoms with Crippen LogP contribution in [0.2, 0.25) is 5.02 Å². The number of fused-ring (bicyclic) bond motifs is 1. The second kappa shape index (κ2) is 7.05. The zero-order valence-corrected chi connectivity index (χ0v) is 14.8. The Morgan fingerprint density at radius 3 is 2.78 bits per heavy atom. The van der Waals surface area contributed by atoms with Crippen LogP contribution in [0.3, 0.4) is 0 Å². The first kappa shape index (κ1) is 17.0. The molecule has 0 fully saturated rings. The van der Waals surface area contributed by atoms with Crippen LogP contribution in [0.4, 0.5) is 0 Å². The van der Waals surface area contributed by atoms with Crippen LogP contribution in [0.25, 0.3) is 16.7 Å². The van der Waals surface area contributed by atoms with E-state index in [9.17, 15) is 9.90 Å². The second-order valence-electron chi connectivity index (χ2n) is 5.95. The highest BCUT2D eigenvalue weighted by molar-refractivity contribution is 6.31. The number of nitrogens with one attached hydrogen (secondary N) is 1. The summed E-state index contributed by atoms with van der Waals surface area (Å²) in [5.41, 5.74) is 2.51. The van der Waals surface area contributed by atoms with Gasteiger partial charge in [0.2, 0.25) is 11.6 Å². The van der Waals surface area contributed by atoms with Gasteiger partial charge < -0.3 is 9.67 Å². The SMILES string of the molecule is O=C(C=C(O)c1cn(Cc2ccccc2)c2ccc(Cl)cc12)c1nn[nH]n1.